The monoisotopic (exact) mass is 255 g/mol. The Bertz CT molecular complexity index is 363. The molecule has 102 valence electrons. The van der Waals surface area contributed by atoms with E-state index in [9.17, 15) is 5.11 Å². The number of aliphatic hydroxyl groups is 2. The van der Waals surface area contributed by atoms with Crippen LogP contribution in [0.5, 0.6) is 0 Å². The van der Waals surface area contributed by atoms with Crippen LogP contribution in [0.4, 0.5) is 5.69 Å². The van der Waals surface area contributed by atoms with Crippen LogP contribution in [0.2, 0.25) is 0 Å². The van der Waals surface area contributed by atoms with Crippen molar-refractivity contribution >= 4 is 5.69 Å². The van der Waals surface area contributed by atoms with Gasteiger partial charge in [-0.15, -0.1) is 0 Å². The molecule has 1 aliphatic rings. The van der Waals surface area contributed by atoms with Gasteiger partial charge in [0.1, 0.15) is 0 Å². The van der Waals surface area contributed by atoms with Gasteiger partial charge in [-0.1, -0.05) is 0 Å². The van der Waals surface area contributed by atoms with Gasteiger partial charge >= 0.3 is 0 Å². The summed E-state index contributed by atoms with van der Waals surface area (Å²) in [6.45, 7) is 2.69. The second kappa shape index (κ2) is 6.17. The third-order valence-electron chi connectivity index (χ3n) is 3.29. The van der Waals surface area contributed by atoms with Crippen LogP contribution in [0.1, 0.15) is 12.8 Å². The fourth-order valence-corrected chi connectivity index (χ4v) is 1.76. The third kappa shape index (κ3) is 3.69. The quantitative estimate of drug-likeness (QED) is 0.544. The van der Waals surface area contributed by atoms with Crippen molar-refractivity contribution in [1.29, 1.82) is 0 Å². The minimum atomic E-state index is 0.0507. The summed E-state index contributed by atoms with van der Waals surface area (Å²) < 4.78 is 6.98. The summed E-state index contributed by atoms with van der Waals surface area (Å²) in [4.78, 5) is 0. The van der Waals surface area contributed by atoms with E-state index in [0.29, 0.717) is 19.8 Å². The molecular weight excluding hydrogens is 234 g/mol. The first kappa shape index (κ1) is 13.3. The molecule has 0 atom stereocenters. The molecule has 2 rings (SSSR count). The predicted octanol–water partition coefficient (Wildman–Crippen LogP) is 0.0764. The van der Waals surface area contributed by atoms with Gasteiger partial charge in [-0.2, -0.15) is 5.10 Å². The molecule has 0 spiro atoms. The largest absolute Gasteiger partial charge is 0.396 e. The highest BCUT2D eigenvalue weighted by molar-refractivity contribution is 5.38. The van der Waals surface area contributed by atoms with E-state index < -0.39 is 0 Å². The molecule has 6 nitrogen and oxygen atoms in total. The van der Waals surface area contributed by atoms with Crippen molar-refractivity contribution in [1.82, 2.24) is 9.78 Å². The molecule has 0 saturated heterocycles. The Hall–Kier alpha value is -1.11. The zero-order chi connectivity index (χ0) is 12.8. The van der Waals surface area contributed by atoms with Crippen molar-refractivity contribution in [3.05, 3.63) is 12.4 Å². The summed E-state index contributed by atoms with van der Waals surface area (Å²) in [7, 11) is 0. The van der Waals surface area contributed by atoms with Crippen molar-refractivity contribution < 1.29 is 14.9 Å². The Kier molecular flexibility index (Phi) is 4.57. The Balaban J connectivity index is 1.69. The van der Waals surface area contributed by atoms with E-state index in [1.807, 2.05) is 6.20 Å². The number of nitrogens with zero attached hydrogens (tertiary/aromatic N) is 2. The highest BCUT2D eigenvalue weighted by atomic mass is 16.5. The molecule has 1 aromatic heterocycles. The minimum absolute atomic E-state index is 0.0507. The van der Waals surface area contributed by atoms with E-state index in [2.05, 4.69) is 10.4 Å². The van der Waals surface area contributed by atoms with Crippen LogP contribution in [-0.2, 0) is 11.3 Å². The number of aromatic nitrogens is 2. The molecule has 1 saturated carbocycles. The van der Waals surface area contributed by atoms with Gasteiger partial charge in [-0.05, 0) is 12.8 Å². The van der Waals surface area contributed by atoms with Crippen LogP contribution in [0, 0.1) is 5.41 Å². The number of aliphatic hydroxyl groups excluding tert-OH is 2. The number of rotatable bonds is 9. The Morgan fingerprint density at radius 1 is 1.39 bits per heavy atom. The standard InChI is InChI=1S/C12H21N3O3/c16-4-6-18-5-3-15-8-11(7-14-15)13-9-12(10-17)1-2-12/h7-8,13,16-17H,1-6,9-10H2. The van der Waals surface area contributed by atoms with E-state index in [1.54, 1.807) is 10.9 Å². The van der Waals surface area contributed by atoms with Crippen LogP contribution < -0.4 is 5.32 Å². The molecular formula is C12H21N3O3. The summed E-state index contributed by atoms with van der Waals surface area (Å²) in [6, 6.07) is 0. The highest BCUT2D eigenvalue weighted by Crippen LogP contribution is 2.44. The second-order valence-electron chi connectivity index (χ2n) is 4.84. The zero-order valence-electron chi connectivity index (χ0n) is 10.5. The summed E-state index contributed by atoms with van der Waals surface area (Å²) >= 11 is 0. The first-order chi connectivity index (χ1) is 8.78. The summed E-state index contributed by atoms with van der Waals surface area (Å²) in [5, 5.41) is 25.3. The molecule has 6 heteroatoms. The molecule has 0 aromatic carbocycles. The number of ether oxygens (including phenoxy) is 1. The molecule has 0 aliphatic heterocycles. The normalized spacial score (nSPS) is 16.8. The smallest absolute Gasteiger partial charge is 0.0726 e. The van der Waals surface area contributed by atoms with Crippen LogP contribution in [0.25, 0.3) is 0 Å². The first-order valence-electron chi connectivity index (χ1n) is 6.34. The molecule has 1 fully saturated rings. The van der Waals surface area contributed by atoms with Crippen molar-refractivity contribution in [2.45, 2.75) is 19.4 Å². The molecule has 18 heavy (non-hydrogen) atoms. The van der Waals surface area contributed by atoms with E-state index in [0.717, 1.165) is 25.1 Å². The van der Waals surface area contributed by atoms with Gasteiger partial charge in [0.15, 0.2) is 0 Å². The number of hydrogen-bond acceptors (Lipinski definition) is 5. The molecule has 0 bridgehead atoms. The summed E-state index contributed by atoms with van der Waals surface area (Å²) in [5.41, 5.74) is 1.07. The maximum atomic E-state index is 9.21. The van der Waals surface area contributed by atoms with Gasteiger partial charge in [0, 0.05) is 18.2 Å². The van der Waals surface area contributed by atoms with Crippen LogP contribution in [0.15, 0.2) is 12.4 Å². The third-order valence-corrected chi connectivity index (χ3v) is 3.29. The maximum Gasteiger partial charge on any atom is 0.0726 e. The lowest BCUT2D eigenvalue weighted by atomic mass is 10.1. The van der Waals surface area contributed by atoms with Gasteiger partial charge in [0.2, 0.25) is 0 Å². The molecule has 3 N–H and O–H groups in total. The van der Waals surface area contributed by atoms with Crippen molar-refractivity contribution in [2.75, 3.05) is 38.3 Å². The van der Waals surface area contributed by atoms with Gasteiger partial charge in [-0.25, -0.2) is 0 Å². The van der Waals surface area contributed by atoms with E-state index in [1.165, 1.54) is 0 Å². The van der Waals surface area contributed by atoms with E-state index >= 15 is 0 Å². The fraction of sp³-hybridized carbons (Fsp3) is 0.750. The summed E-state index contributed by atoms with van der Waals surface area (Å²) in [6.07, 6.45) is 5.90. The topological polar surface area (TPSA) is 79.5 Å². The van der Waals surface area contributed by atoms with E-state index in [4.69, 9.17) is 9.84 Å². The maximum absolute atomic E-state index is 9.21. The average molecular weight is 255 g/mol. The lowest BCUT2D eigenvalue weighted by Gasteiger charge is -2.11. The molecule has 1 aromatic rings. The number of anilines is 1. The van der Waals surface area contributed by atoms with E-state index in [-0.39, 0.29) is 18.6 Å². The Morgan fingerprint density at radius 3 is 2.89 bits per heavy atom. The second-order valence-corrected chi connectivity index (χ2v) is 4.84. The Labute approximate surface area is 107 Å². The molecule has 1 aliphatic carbocycles. The summed E-state index contributed by atoms with van der Waals surface area (Å²) in [5.74, 6) is 0. The zero-order valence-corrected chi connectivity index (χ0v) is 10.5. The van der Waals surface area contributed by atoms with Crippen LogP contribution >= 0.6 is 0 Å². The Morgan fingerprint density at radius 2 is 2.22 bits per heavy atom. The van der Waals surface area contributed by atoms with Gasteiger partial charge in [0.25, 0.3) is 0 Å². The van der Waals surface area contributed by atoms with Crippen LogP contribution in [-0.4, -0.2) is 53.0 Å². The number of hydrogen-bond donors (Lipinski definition) is 3. The number of nitrogens with one attached hydrogen (secondary N) is 1. The minimum Gasteiger partial charge on any atom is -0.396 e. The van der Waals surface area contributed by atoms with Gasteiger partial charge in [0.05, 0.1) is 44.9 Å². The first-order valence-corrected chi connectivity index (χ1v) is 6.34. The fourth-order valence-electron chi connectivity index (χ4n) is 1.76. The van der Waals surface area contributed by atoms with Crippen molar-refractivity contribution in [3.8, 4) is 0 Å². The molecule has 0 unspecified atom stereocenters. The van der Waals surface area contributed by atoms with Crippen molar-refractivity contribution in [2.24, 2.45) is 5.41 Å². The molecule has 1 heterocycles. The molecule has 0 amide bonds. The van der Waals surface area contributed by atoms with Gasteiger partial charge < -0.3 is 20.3 Å². The lowest BCUT2D eigenvalue weighted by molar-refractivity contribution is 0.0854. The lowest BCUT2D eigenvalue weighted by Crippen LogP contribution is -2.18. The van der Waals surface area contributed by atoms with Crippen molar-refractivity contribution in [3.63, 3.8) is 0 Å². The van der Waals surface area contributed by atoms with Gasteiger partial charge in [-0.3, -0.25) is 4.68 Å². The van der Waals surface area contributed by atoms with Crippen LogP contribution in [0.3, 0.4) is 0 Å². The predicted molar refractivity (Wildman–Crippen MR) is 67.4 cm³/mol. The molecule has 0 radical (unpaired) electrons. The highest BCUT2D eigenvalue weighted by Gasteiger charge is 2.41. The average Bonchev–Trinajstić information content (AvgIpc) is 3.05. The SMILES string of the molecule is OCCOCCn1cc(NCC2(CO)CC2)cn1.